The van der Waals surface area contributed by atoms with Crippen molar-refractivity contribution in [3.8, 4) is 0 Å². The van der Waals surface area contributed by atoms with Gasteiger partial charge in [0.2, 0.25) is 20.0 Å². The van der Waals surface area contributed by atoms with E-state index in [0.29, 0.717) is 12.8 Å². The standard InChI is InChI=1S/C20H24N2O6S2/c1-21(14-16-6-3-2-4-7-16)29(25,26)18-9-11-19(12-10-18)30(27,28)22-13-5-8-17(15-22)20(23)24/h2-4,6-7,9-12,17H,5,8,13-15H2,1H3,(H,23,24)/t17-/m1/s1. The van der Waals surface area contributed by atoms with Crippen LogP contribution >= 0.6 is 0 Å². The van der Waals surface area contributed by atoms with Crippen molar-refractivity contribution in [2.45, 2.75) is 29.2 Å². The Labute approximate surface area is 176 Å². The number of nitrogens with zero attached hydrogens (tertiary/aromatic N) is 2. The molecule has 10 heteroatoms. The Balaban J connectivity index is 1.78. The maximum Gasteiger partial charge on any atom is 0.307 e. The van der Waals surface area contributed by atoms with Gasteiger partial charge in [0.1, 0.15) is 0 Å². The van der Waals surface area contributed by atoms with Crippen LogP contribution in [-0.2, 0) is 31.4 Å². The molecule has 0 unspecified atom stereocenters. The summed E-state index contributed by atoms with van der Waals surface area (Å²) < 4.78 is 53.7. The number of hydrogen-bond acceptors (Lipinski definition) is 5. The molecule has 3 rings (SSSR count). The number of carboxylic acid groups (broad SMARTS) is 1. The molecule has 2 aromatic rings. The summed E-state index contributed by atoms with van der Waals surface area (Å²) in [6.45, 7) is 0.344. The molecule has 162 valence electrons. The first-order valence-corrected chi connectivity index (χ1v) is 12.3. The molecule has 1 aliphatic heterocycles. The van der Waals surface area contributed by atoms with Crippen LogP contribution in [0.15, 0.2) is 64.4 Å². The summed E-state index contributed by atoms with van der Waals surface area (Å²) in [5.41, 5.74) is 0.834. The van der Waals surface area contributed by atoms with Crippen LogP contribution < -0.4 is 0 Å². The molecule has 0 radical (unpaired) electrons. The van der Waals surface area contributed by atoms with Crippen LogP contribution in [0.3, 0.4) is 0 Å². The Morgan fingerprint density at radius 3 is 2.23 bits per heavy atom. The van der Waals surface area contributed by atoms with Gasteiger partial charge in [0.05, 0.1) is 15.7 Å². The third-order valence-electron chi connectivity index (χ3n) is 5.15. The maximum atomic E-state index is 12.9. The molecule has 0 aliphatic carbocycles. The lowest BCUT2D eigenvalue weighted by Crippen LogP contribution is -2.42. The number of sulfonamides is 2. The topological polar surface area (TPSA) is 112 Å². The molecular weight excluding hydrogens is 428 g/mol. The van der Waals surface area contributed by atoms with Crippen molar-refractivity contribution in [2.24, 2.45) is 5.92 Å². The van der Waals surface area contributed by atoms with Crippen LogP contribution in [-0.4, -0.2) is 56.7 Å². The molecule has 1 aliphatic rings. The van der Waals surface area contributed by atoms with Gasteiger partial charge in [-0.25, -0.2) is 16.8 Å². The number of carboxylic acids is 1. The van der Waals surface area contributed by atoms with Crippen molar-refractivity contribution in [3.63, 3.8) is 0 Å². The average Bonchev–Trinajstić information content (AvgIpc) is 2.74. The summed E-state index contributed by atoms with van der Waals surface area (Å²) in [6, 6.07) is 14.2. The number of rotatable bonds is 7. The summed E-state index contributed by atoms with van der Waals surface area (Å²) in [7, 11) is -6.23. The van der Waals surface area contributed by atoms with E-state index in [4.69, 9.17) is 0 Å². The number of benzene rings is 2. The Bertz CT molecular complexity index is 1100. The smallest absolute Gasteiger partial charge is 0.307 e. The minimum absolute atomic E-state index is 0.0121. The third kappa shape index (κ3) is 4.72. The second-order valence-corrected chi connectivity index (χ2v) is 11.2. The van der Waals surface area contributed by atoms with Crippen molar-refractivity contribution < 1.29 is 26.7 Å². The van der Waals surface area contributed by atoms with Crippen molar-refractivity contribution in [1.29, 1.82) is 0 Å². The molecule has 1 atom stereocenters. The zero-order chi connectivity index (χ0) is 21.9. The van der Waals surface area contributed by atoms with E-state index in [1.165, 1.54) is 35.6 Å². The predicted octanol–water partition coefficient (Wildman–Crippen LogP) is 1.99. The van der Waals surface area contributed by atoms with Crippen LogP contribution in [0.4, 0.5) is 0 Å². The Kier molecular flexibility index (Phi) is 6.61. The number of aliphatic carboxylic acids is 1. The summed E-state index contributed by atoms with van der Waals surface area (Å²) in [6.07, 6.45) is 0.902. The van der Waals surface area contributed by atoms with Gasteiger partial charge in [-0.15, -0.1) is 0 Å². The maximum absolute atomic E-state index is 12.9. The molecule has 0 amide bonds. The summed E-state index contributed by atoms with van der Waals surface area (Å²) in [4.78, 5) is 11.2. The highest BCUT2D eigenvalue weighted by Gasteiger charge is 2.33. The fourth-order valence-corrected chi connectivity index (χ4v) is 6.08. The van der Waals surface area contributed by atoms with E-state index < -0.39 is 31.9 Å². The first kappa shape index (κ1) is 22.4. The minimum atomic E-state index is -3.90. The van der Waals surface area contributed by atoms with Crippen LogP contribution in [0, 0.1) is 5.92 Å². The molecule has 1 fully saturated rings. The lowest BCUT2D eigenvalue weighted by Gasteiger charge is -2.29. The highest BCUT2D eigenvalue weighted by Crippen LogP contribution is 2.25. The Hall–Kier alpha value is -2.27. The highest BCUT2D eigenvalue weighted by atomic mass is 32.2. The van der Waals surface area contributed by atoms with E-state index in [2.05, 4.69) is 0 Å². The molecule has 8 nitrogen and oxygen atoms in total. The van der Waals surface area contributed by atoms with E-state index in [1.807, 2.05) is 30.3 Å². The third-order valence-corrected chi connectivity index (χ3v) is 8.85. The van der Waals surface area contributed by atoms with E-state index in [0.717, 1.165) is 9.87 Å². The number of piperidine rings is 1. The summed E-state index contributed by atoms with van der Waals surface area (Å²) >= 11 is 0. The van der Waals surface area contributed by atoms with Crippen LogP contribution in [0.2, 0.25) is 0 Å². The lowest BCUT2D eigenvalue weighted by molar-refractivity contribution is -0.142. The summed E-state index contributed by atoms with van der Waals surface area (Å²) in [5.74, 6) is -1.75. The van der Waals surface area contributed by atoms with Crippen molar-refractivity contribution >= 4 is 26.0 Å². The average molecular weight is 453 g/mol. The molecule has 0 saturated carbocycles. The normalized spacial score (nSPS) is 18.4. The van der Waals surface area contributed by atoms with Crippen LogP contribution in [0.5, 0.6) is 0 Å². The molecule has 0 aromatic heterocycles. The quantitative estimate of drug-likeness (QED) is 0.688. The SMILES string of the molecule is CN(Cc1ccccc1)S(=O)(=O)c1ccc(S(=O)(=O)N2CCC[C@@H](C(=O)O)C2)cc1. The highest BCUT2D eigenvalue weighted by molar-refractivity contribution is 7.89. The second-order valence-electron chi connectivity index (χ2n) is 7.26. The van der Waals surface area contributed by atoms with Crippen molar-refractivity contribution in [2.75, 3.05) is 20.1 Å². The van der Waals surface area contributed by atoms with Gasteiger partial charge in [0, 0.05) is 26.7 Å². The van der Waals surface area contributed by atoms with Gasteiger partial charge in [0.25, 0.3) is 0 Å². The van der Waals surface area contributed by atoms with Gasteiger partial charge in [-0.2, -0.15) is 8.61 Å². The van der Waals surface area contributed by atoms with Gasteiger partial charge in [-0.05, 0) is 42.7 Å². The fourth-order valence-electron chi connectivity index (χ4n) is 3.40. The molecule has 1 saturated heterocycles. The zero-order valence-corrected chi connectivity index (χ0v) is 18.1. The van der Waals surface area contributed by atoms with Gasteiger partial charge in [-0.1, -0.05) is 30.3 Å². The molecule has 1 N–H and O–H groups in total. The van der Waals surface area contributed by atoms with Gasteiger partial charge < -0.3 is 5.11 Å². The second kappa shape index (κ2) is 8.84. The molecule has 1 heterocycles. The van der Waals surface area contributed by atoms with E-state index in [1.54, 1.807) is 0 Å². The van der Waals surface area contributed by atoms with Crippen LogP contribution in [0.1, 0.15) is 18.4 Å². The Morgan fingerprint density at radius 2 is 1.63 bits per heavy atom. The predicted molar refractivity (Wildman–Crippen MR) is 111 cm³/mol. The monoisotopic (exact) mass is 452 g/mol. The van der Waals surface area contributed by atoms with E-state index in [-0.39, 0.29) is 29.4 Å². The van der Waals surface area contributed by atoms with E-state index >= 15 is 0 Å². The van der Waals surface area contributed by atoms with Gasteiger partial charge in [-0.3, -0.25) is 4.79 Å². The first-order valence-electron chi connectivity index (χ1n) is 9.45. The molecular formula is C20H24N2O6S2. The van der Waals surface area contributed by atoms with Gasteiger partial charge >= 0.3 is 5.97 Å². The first-order chi connectivity index (χ1) is 14.1. The molecule has 0 spiro atoms. The van der Waals surface area contributed by atoms with Crippen molar-refractivity contribution in [3.05, 3.63) is 60.2 Å². The molecule has 2 aromatic carbocycles. The number of carbonyl (C=O) groups is 1. The molecule has 30 heavy (non-hydrogen) atoms. The Morgan fingerprint density at radius 1 is 1.03 bits per heavy atom. The van der Waals surface area contributed by atoms with E-state index in [9.17, 15) is 26.7 Å². The number of hydrogen-bond donors (Lipinski definition) is 1. The minimum Gasteiger partial charge on any atom is -0.481 e. The zero-order valence-electron chi connectivity index (χ0n) is 16.5. The van der Waals surface area contributed by atoms with Crippen LogP contribution in [0.25, 0.3) is 0 Å². The molecule has 0 bridgehead atoms. The van der Waals surface area contributed by atoms with Gasteiger partial charge in [0.15, 0.2) is 0 Å². The largest absolute Gasteiger partial charge is 0.481 e. The fraction of sp³-hybridized carbons (Fsp3) is 0.350. The lowest BCUT2D eigenvalue weighted by atomic mass is 10.0. The van der Waals surface area contributed by atoms with Crippen molar-refractivity contribution in [1.82, 2.24) is 8.61 Å². The summed E-state index contributed by atoms with van der Waals surface area (Å²) in [5, 5.41) is 9.18.